The summed E-state index contributed by atoms with van der Waals surface area (Å²) in [5, 5.41) is 22.4. The number of phenols is 1. The predicted octanol–water partition coefficient (Wildman–Crippen LogP) is 4.61. The number of carbonyl (C=O) groups excluding carboxylic acids is 1. The second-order valence-corrected chi connectivity index (χ2v) is 9.39. The first-order valence-corrected chi connectivity index (χ1v) is 10.9. The number of hydrogen-bond donors (Lipinski definition) is 2. The molecule has 0 radical (unpaired) electrons. The molecule has 2 N–H and O–H groups in total. The fourth-order valence-electron chi connectivity index (χ4n) is 4.44. The second-order valence-electron chi connectivity index (χ2n) is 9.39. The van der Waals surface area contributed by atoms with Gasteiger partial charge in [0.25, 0.3) is 0 Å². The number of methoxy groups -OCH3 is 1. The monoisotopic (exact) mass is 452 g/mol. The van der Waals surface area contributed by atoms with Gasteiger partial charge in [-0.3, -0.25) is 4.79 Å². The maximum atomic E-state index is 13.3. The van der Waals surface area contributed by atoms with Crippen molar-refractivity contribution in [1.82, 2.24) is 0 Å². The molecule has 1 aromatic heterocycles. The topological polar surface area (TPSA) is 106 Å². The highest BCUT2D eigenvalue weighted by Gasteiger charge is 2.48. The molecule has 0 amide bonds. The number of benzene rings is 2. The molecule has 3 aromatic rings. The van der Waals surface area contributed by atoms with Crippen molar-refractivity contribution in [3.8, 4) is 22.6 Å². The molecular formula is C26H28O7. The summed E-state index contributed by atoms with van der Waals surface area (Å²) in [4.78, 5) is 25.9. The molecule has 0 bridgehead atoms. The van der Waals surface area contributed by atoms with E-state index >= 15 is 0 Å². The Kier molecular flexibility index (Phi) is 5.80. The number of phenolic OH excluding ortho intramolecular Hbond substituents is 1. The molecule has 1 aliphatic heterocycles. The van der Waals surface area contributed by atoms with E-state index in [1.54, 1.807) is 26.0 Å². The first-order valence-electron chi connectivity index (χ1n) is 10.9. The van der Waals surface area contributed by atoms with Gasteiger partial charge in [0.05, 0.1) is 16.6 Å². The highest BCUT2D eigenvalue weighted by molar-refractivity contribution is 6.11. The fourth-order valence-corrected chi connectivity index (χ4v) is 4.44. The van der Waals surface area contributed by atoms with Gasteiger partial charge in [-0.1, -0.05) is 44.2 Å². The molecule has 2 atom stereocenters. The minimum absolute atomic E-state index is 0.00558. The Morgan fingerprint density at radius 2 is 1.88 bits per heavy atom. The number of carbonyl (C=O) groups is 1. The van der Waals surface area contributed by atoms with Gasteiger partial charge in [-0.15, -0.1) is 0 Å². The molecule has 7 heteroatoms. The summed E-state index contributed by atoms with van der Waals surface area (Å²) in [7, 11) is 1.45. The number of fused-ring (bicyclic) bond motifs is 3. The third kappa shape index (κ3) is 3.92. The van der Waals surface area contributed by atoms with Crippen LogP contribution in [-0.4, -0.2) is 34.8 Å². The van der Waals surface area contributed by atoms with Crippen LogP contribution in [0, 0.1) is 5.92 Å². The molecule has 0 aliphatic carbocycles. The molecule has 0 spiro atoms. The van der Waals surface area contributed by atoms with E-state index in [4.69, 9.17) is 13.9 Å². The molecule has 174 valence electrons. The third-order valence-electron chi connectivity index (χ3n) is 5.86. The van der Waals surface area contributed by atoms with E-state index in [1.807, 2.05) is 32.0 Å². The van der Waals surface area contributed by atoms with Crippen molar-refractivity contribution in [2.24, 2.45) is 5.92 Å². The minimum atomic E-state index is -1.35. The van der Waals surface area contributed by atoms with Crippen LogP contribution in [-0.2, 0) is 4.74 Å². The van der Waals surface area contributed by atoms with E-state index in [-0.39, 0.29) is 46.2 Å². The van der Waals surface area contributed by atoms with E-state index < -0.39 is 23.4 Å². The zero-order chi connectivity index (χ0) is 24.1. The summed E-state index contributed by atoms with van der Waals surface area (Å²) in [6.07, 6.45) is -1.54. The van der Waals surface area contributed by atoms with E-state index in [1.165, 1.54) is 13.2 Å². The van der Waals surface area contributed by atoms with E-state index in [0.29, 0.717) is 16.7 Å². The van der Waals surface area contributed by atoms with Crippen molar-refractivity contribution < 1.29 is 28.9 Å². The Balaban J connectivity index is 2.15. The maximum Gasteiger partial charge on any atom is 0.336 e. The van der Waals surface area contributed by atoms with Crippen molar-refractivity contribution in [3.63, 3.8) is 0 Å². The Hall–Kier alpha value is -3.16. The van der Waals surface area contributed by atoms with Crippen molar-refractivity contribution in [3.05, 3.63) is 57.9 Å². The van der Waals surface area contributed by atoms with Crippen LogP contribution in [0.2, 0.25) is 0 Å². The summed E-state index contributed by atoms with van der Waals surface area (Å²) in [6, 6.07) is 10.4. The van der Waals surface area contributed by atoms with Crippen LogP contribution in [0.4, 0.5) is 0 Å². The highest BCUT2D eigenvalue weighted by Crippen LogP contribution is 2.53. The Labute approximate surface area is 191 Å². The molecular weight excluding hydrogens is 424 g/mol. The standard InChI is InChI=1S/C26H28O7/c1-13(2)11-16(27)19-21(29)18-15(14-9-7-6-8-10-14)12-17(28)32-22(18)20-23(19)33-25(24(20)31-5)26(3,4)30/h6-10,12-13,24-25,29-30H,11H2,1-5H3/t24-,25-/m0/s1. The average Bonchev–Trinajstić information content (AvgIpc) is 3.13. The fraction of sp³-hybridized carbons (Fsp3) is 0.385. The Bertz CT molecular complexity index is 1270. The predicted molar refractivity (Wildman–Crippen MR) is 124 cm³/mol. The Morgan fingerprint density at radius 3 is 2.45 bits per heavy atom. The van der Waals surface area contributed by atoms with E-state index in [0.717, 1.165) is 0 Å². The first kappa shape index (κ1) is 23.0. The minimum Gasteiger partial charge on any atom is -0.506 e. The first-order chi connectivity index (χ1) is 15.5. The summed E-state index contributed by atoms with van der Waals surface area (Å²) >= 11 is 0. The smallest absolute Gasteiger partial charge is 0.336 e. The molecule has 0 fully saturated rings. The lowest BCUT2D eigenvalue weighted by atomic mass is 9.89. The van der Waals surface area contributed by atoms with Gasteiger partial charge in [-0.05, 0) is 25.3 Å². The number of hydrogen-bond acceptors (Lipinski definition) is 7. The van der Waals surface area contributed by atoms with Crippen LogP contribution in [0.1, 0.15) is 56.1 Å². The highest BCUT2D eigenvalue weighted by atomic mass is 16.6. The van der Waals surface area contributed by atoms with Crippen molar-refractivity contribution >= 4 is 16.8 Å². The number of Topliss-reactive ketones (excluding diaryl/α,β-unsaturated/α-hetero) is 1. The molecule has 0 saturated heterocycles. The number of aromatic hydroxyl groups is 1. The molecule has 4 rings (SSSR count). The zero-order valence-electron chi connectivity index (χ0n) is 19.3. The van der Waals surface area contributed by atoms with Crippen molar-refractivity contribution in [2.75, 3.05) is 7.11 Å². The number of rotatable bonds is 6. The SMILES string of the molecule is CO[C@H]1c2c(c(C(=O)CC(C)C)c(O)c3c(-c4ccccc4)cc(=O)oc23)O[C@@H]1C(C)(C)O. The Morgan fingerprint density at radius 1 is 1.21 bits per heavy atom. The van der Waals surface area contributed by atoms with E-state index in [2.05, 4.69) is 0 Å². The molecule has 1 aliphatic rings. The van der Waals surface area contributed by atoms with Crippen LogP contribution < -0.4 is 10.4 Å². The van der Waals surface area contributed by atoms with Gasteiger partial charge in [-0.25, -0.2) is 4.79 Å². The van der Waals surface area contributed by atoms with Gasteiger partial charge in [-0.2, -0.15) is 0 Å². The molecule has 0 saturated carbocycles. The molecule has 2 aromatic carbocycles. The molecule has 7 nitrogen and oxygen atoms in total. The van der Waals surface area contributed by atoms with Gasteiger partial charge in [0.1, 0.15) is 23.2 Å². The van der Waals surface area contributed by atoms with Crippen molar-refractivity contribution in [2.45, 2.75) is 51.9 Å². The van der Waals surface area contributed by atoms with E-state index in [9.17, 15) is 19.8 Å². The quantitative estimate of drug-likeness (QED) is 0.415. The number of ether oxygens (including phenoxy) is 2. The third-order valence-corrected chi connectivity index (χ3v) is 5.86. The van der Waals surface area contributed by atoms with Crippen molar-refractivity contribution in [1.29, 1.82) is 0 Å². The van der Waals surface area contributed by atoms with Crippen LogP contribution in [0.25, 0.3) is 22.1 Å². The number of ketones is 1. The molecule has 2 heterocycles. The van der Waals surface area contributed by atoms with Crippen LogP contribution in [0.15, 0.2) is 45.6 Å². The van der Waals surface area contributed by atoms with Crippen LogP contribution in [0.3, 0.4) is 0 Å². The lowest BCUT2D eigenvalue weighted by Crippen LogP contribution is -2.42. The zero-order valence-corrected chi connectivity index (χ0v) is 19.3. The second kappa shape index (κ2) is 8.32. The molecule has 33 heavy (non-hydrogen) atoms. The lowest BCUT2D eigenvalue weighted by molar-refractivity contribution is -0.0882. The van der Waals surface area contributed by atoms with Gasteiger partial charge in [0, 0.05) is 25.2 Å². The van der Waals surface area contributed by atoms with Gasteiger partial charge in [0.2, 0.25) is 0 Å². The summed E-state index contributed by atoms with van der Waals surface area (Å²) in [5.74, 6) is -0.506. The maximum absolute atomic E-state index is 13.3. The average molecular weight is 453 g/mol. The normalized spacial score (nSPS) is 17.9. The van der Waals surface area contributed by atoms with Gasteiger partial charge >= 0.3 is 5.63 Å². The van der Waals surface area contributed by atoms with Crippen LogP contribution >= 0.6 is 0 Å². The van der Waals surface area contributed by atoms with Gasteiger partial charge in [0.15, 0.2) is 17.5 Å². The summed E-state index contributed by atoms with van der Waals surface area (Å²) in [6.45, 7) is 6.95. The lowest BCUT2D eigenvalue weighted by Gasteiger charge is -2.29. The summed E-state index contributed by atoms with van der Waals surface area (Å²) < 4.78 is 17.3. The van der Waals surface area contributed by atoms with Gasteiger partial charge < -0.3 is 24.1 Å². The summed E-state index contributed by atoms with van der Waals surface area (Å²) in [5.41, 5.74) is -0.441. The largest absolute Gasteiger partial charge is 0.506 e. The number of aliphatic hydroxyl groups is 1. The van der Waals surface area contributed by atoms with Crippen LogP contribution in [0.5, 0.6) is 11.5 Å². The molecule has 0 unspecified atom stereocenters.